The van der Waals surface area contributed by atoms with E-state index >= 15 is 0 Å². The highest BCUT2D eigenvalue weighted by Gasteiger charge is 2.34. The van der Waals surface area contributed by atoms with E-state index in [0.29, 0.717) is 29.7 Å². The fraction of sp³-hybridized carbons (Fsp3) is 0.227. The van der Waals surface area contributed by atoms with Gasteiger partial charge in [0.1, 0.15) is 0 Å². The molecule has 1 amide bonds. The summed E-state index contributed by atoms with van der Waals surface area (Å²) in [6, 6.07) is 14.1. The van der Waals surface area contributed by atoms with E-state index in [4.69, 9.17) is 0 Å². The van der Waals surface area contributed by atoms with Crippen LogP contribution in [0.3, 0.4) is 0 Å². The number of carboxylic acid groups (broad SMARTS) is 1. The van der Waals surface area contributed by atoms with Crippen molar-refractivity contribution in [1.82, 2.24) is 0 Å². The number of aryl methyl sites for hydroxylation is 1. The van der Waals surface area contributed by atoms with E-state index in [-0.39, 0.29) is 11.7 Å². The number of hydrogen-bond acceptors (Lipinski definition) is 3. The molecule has 0 fully saturated rings. The van der Waals surface area contributed by atoms with Gasteiger partial charge in [-0.15, -0.1) is 0 Å². The van der Waals surface area contributed by atoms with E-state index in [0.717, 1.165) is 5.56 Å². The van der Waals surface area contributed by atoms with Crippen LogP contribution in [0, 0.1) is 18.8 Å². The van der Waals surface area contributed by atoms with Crippen LogP contribution in [-0.2, 0) is 9.59 Å². The second kappa shape index (κ2) is 7.99. The summed E-state index contributed by atoms with van der Waals surface area (Å²) in [5, 5.41) is 12.2. The van der Waals surface area contributed by atoms with Crippen molar-refractivity contribution in [3.63, 3.8) is 0 Å². The van der Waals surface area contributed by atoms with Gasteiger partial charge in [0.25, 0.3) is 0 Å². The van der Waals surface area contributed by atoms with Crippen molar-refractivity contribution in [2.24, 2.45) is 11.8 Å². The Morgan fingerprint density at radius 1 is 0.963 bits per heavy atom. The van der Waals surface area contributed by atoms with Gasteiger partial charge in [-0.05, 0) is 31.9 Å². The Morgan fingerprint density at radius 3 is 2.30 bits per heavy atom. The number of carbonyl (C=O) groups is 3. The molecule has 2 aromatic carbocycles. The summed E-state index contributed by atoms with van der Waals surface area (Å²) in [7, 11) is 0. The largest absolute Gasteiger partial charge is 0.481 e. The third-order valence-electron chi connectivity index (χ3n) is 4.80. The van der Waals surface area contributed by atoms with E-state index in [9.17, 15) is 19.5 Å². The van der Waals surface area contributed by atoms with E-state index in [1.165, 1.54) is 0 Å². The summed E-state index contributed by atoms with van der Waals surface area (Å²) in [6.45, 7) is 1.87. The summed E-state index contributed by atoms with van der Waals surface area (Å²) in [5.74, 6) is -2.96. The van der Waals surface area contributed by atoms with Gasteiger partial charge in [0.2, 0.25) is 5.91 Å². The fourth-order valence-electron chi connectivity index (χ4n) is 3.30. The summed E-state index contributed by atoms with van der Waals surface area (Å²) in [4.78, 5) is 37.1. The van der Waals surface area contributed by atoms with Gasteiger partial charge in [-0.2, -0.15) is 0 Å². The molecule has 0 saturated carbocycles. The molecule has 5 heteroatoms. The first-order valence-electron chi connectivity index (χ1n) is 8.86. The van der Waals surface area contributed by atoms with Gasteiger partial charge < -0.3 is 10.4 Å². The van der Waals surface area contributed by atoms with Crippen molar-refractivity contribution in [1.29, 1.82) is 0 Å². The first-order chi connectivity index (χ1) is 13.0. The monoisotopic (exact) mass is 363 g/mol. The van der Waals surface area contributed by atoms with Crippen LogP contribution in [0.15, 0.2) is 60.7 Å². The van der Waals surface area contributed by atoms with Crippen LogP contribution in [0.5, 0.6) is 0 Å². The lowest BCUT2D eigenvalue weighted by molar-refractivity contribution is -0.146. The smallest absolute Gasteiger partial charge is 0.307 e. The highest BCUT2D eigenvalue weighted by molar-refractivity contribution is 6.14. The summed E-state index contributed by atoms with van der Waals surface area (Å²) < 4.78 is 0. The molecule has 0 unspecified atom stereocenters. The maximum atomic E-state index is 12.9. The van der Waals surface area contributed by atoms with Gasteiger partial charge in [-0.3, -0.25) is 14.4 Å². The predicted octanol–water partition coefficient (Wildman–Crippen LogP) is 3.83. The average Bonchev–Trinajstić information content (AvgIpc) is 2.69. The van der Waals surface area contributed by atoms with E-state index < -0.39 is 17.8 Å². The van der Waals surface area contributed by atoms with Crippen LogP contribution >= 0.6 is 0 Å². The summed E-state index contributed by atoms with van der Waals surface area (Å²) >= 11 is 0. The van der Waals surface area contributed by atoms with Crippen LogP contribution < -0.4 is 5.32 Å². The molecule has 1 aliphatic rings. The van der Waals surface area contributed by atoms with Crippen LogP contribution in [-0.4, -0.2) is 22.8 Å². The molecule has 27 heavy (non-hydrogen) atoms. The molecule has 0 bridgehead atoms. The molecule has 0 spiro atoms. The summed E-state index contributed by atoms with van der Waals surface area (Å²) in [5.41, 5.74) is 2.23. The molecule has 5 nitrogen and oxygen atoms in total. The molecule has 1 aliphatic carbocycles. The molecule has 0 aromatic heterocycles. The molecule has 2 N–H and O–H groups in total. The Kier molecular flexibility index (Phi) is 5.50. The first-order valence-corrected chi connectivity index (χ1v) is 8.86. The van der Waals surface area contributed by atoms with E-state index in [1.807, 2.05) is 25.1 Å². The van der Waals surface area contributed by atoms with E-state index in [1.54, 1.807) is 42.5 Å². The standard InChI is InChI=1S/C22H21NO4/c1-14-11-12-19(18(13-14)20(24)15-7-3-2-4-8-15)23-21(25)16-9-5-6-10-17(16)22(26)27/h2-8,11-13,16-17H,9-10H2,1H3,(H,23,25)(H,26,27)/t16-,17+/m0/s1. The Balaban J connectivity index is 1.89. The Labute approximate surface area is 157 Å². The normalized spacial score (nSPS) is 18.7. The molecule has 2 atom stereocenters. The molecule has 0 heterocycles. The van der Waals surface area contributed by atoms with Gasteiger partial charge >= 0.3 is 5.97 Å². The first kappa shape index (κ1) is 18.6. The second-order valence-corrected chi connectivity index (χ2v) is 6.73. The highest BCUT2D eigenvalue weighted by atomic mass is 16.4. The maximum Gasteiger partial charge on any atom is 0.307 e. The minimum atomic E-state index is -0.982. The van der Waals surface area contributed by atoms with Crippen molar-refractivity contribution in [3.05, 3.63) is 77.4 Å². The Bertz CT molecular complexity index is 902. The van der Waals surface area contributed by atoms with Crippen molar-refractivity contribution in [2.75, 3.05) is 5.32 Å². The van der Waals surface area contributed by atoms with Gasteiger partial charge in [-0.25, -0.2) is 0 Å². The third kappa shape index (κ3) is 4.14. The average molecular weight is 363 g/mol. The Morgan fingerprint density at radius 2 is 1.63 bits per heavy atom. The molecule has 3 rings (SSSR count). The molecular formula is C22H21NO4. The lowest BCUT2D eigenvalue weighted by Crippen LogP contribution is -2.35. The Hall–Kier alpha value is -3.21. The number of carboxylic acids is 1. The molecule has 0 saturated heterocycles. The number of anilines is 1. The fourth-order valence-corrected chi connectivity index (χ4v) is 3.30. The van der Waals surface area contributed by atoms with Gasteiger partial charge in [-0.1, -0.05) is 54.1 Å². The quantitative estimate of drug-likeness (QED) is 0.625. The zero-order valence-corrected chi connectivity index (χ0v) is 15.0. The lowest BCUT2D eigenvalue weighted by atomic mass is 9.82. The number of rotatable bonds is 5. The zero-order valence-electron chi connectivity index (χ0n) is 15.0. The molecule has 138 valence electrons. The van der Waals surface area contributed by atoms with Gasteiger partial charge in [0.05, 0.1) is 17.5 Å². The zero-order chi connectivity index (χ0) is 19.4. The third-order valence-corrected chi connectivity index (χ3v) is 4.80. The van der Waals surface area contributed by atoms with Gasteiger partial charge in [0, 0.05) is 11.1 Å². The van der Waals surface area contributed by atoms with Crippen LogP contribution in [0.2, 0.25) is 0 Å². The topological polar surface area (TPSA) is 83.5 Å². The maximum absolute atomic E-state index is 12.9. The van der Waals surface area contributed by atoms with E-state index in [2.05, 4.69) is 5.32 Å². The minimum Gasteiger partial charge on any atom is -0.481 e. The molecule has 0 radical (unpaired) electrons. The number of carbonyl (C=O) groups excluding carboxylic acids is 2. The second-order valence-electron chi connectivity index (χ2n) is 6.73. The summed E-state index contributed by atoms with van der Waals surface area (Å²) in [6.07, 6.45) is 4.32. The number of amides is 1. The number of hydrogen-bond donors (Lipinski definition) is 2. The van der Waals surface area contributed by atoms with Crippen LogP contribution in [0.1, 0.15) is 34.3 Å². The van der Waals surface area contributed by atoms with Gasteiger partial charge in [0.15, 0.2) is 5.78 Å². The highest BCUT2D eigenvalue weighted by Crippen LogP contribution is 2.28. The minimum absolute atomic E-state index is 0.187. The molecule has 2 aromatic rings. The number of ketones is 1. The SMILES string of the molecule is Cc1ccc(NC(=O)[C@H]2CC=CC[C@H]2C(=O)O)c(C(=O)c2ccccc2)c1. The van der Waals surface area contributed by atoms with Crippen LogP contribution in [0.4, 0.5) is 5.69 Å². The number of aliphatic carboxylic acids is 1. The molecular weight excluding hydrogens is 342 g/mol. The van der Waals surface area contributed by atoms with Crippen molar-refractivity contribution >= 4 is 23.3 Å². The number of benzene rings is 2. The number of allylic oxidation sites excluding steroid dienone is 2. The lowest BCUT2D eigenvalue weighted by Gasteiger charge is -2.24. The van der Waals surface area contributed by atoms with Crippen molar-refractivity contribution in [3.8, 4) is 0 Å². The number of nitrogens with one attached hydrogen (secondary N) is 1. The van der Waals surface area contributed by atoms with Crippen LogP contribution in [0.25, 0.3) is 0 Å². The molecule has 0 aliphatic heterocycles. The van der Waals surface area contributed by atoms with Crippen molar-refractivity contribution in [2.45, 2.75) is 19.8 Å². The predicted molar refractivity (Wildman–Crippen MR) is 103 cm³/mol. The van der Waals surface area contributed by atoms with Crippen molar-refractivity contribution < 1.29 is 19.5 Å².